The van der Waals surface area contributed by atoms with E-state index in [9.17, 15) is 4.79 Å². The topological polar surface area (TPSA) is 66.9 Å². The van der Waals surface area contributed by atoms with E-state index in [0.29, 0.717) is 5.75 Å². The Balaban J connectivity index is 1.65. The zero-order valence-corrected chi connectivity index (χ0v) is 18.0. The summed E-state index contributed by atoms with van der Waals surface area (Å²) in [6, 6.07) is 0.199. The number of hydrogen-bond acceptors (Lipinski definition) is 6. The van der Waals surface area contributed by atoms with Crippen LogP contribution in [-0.2, 0) is 4.79 Å². The Morgan fingerprint density at radius 3 is 2.58 bits per heavy atom. The lowest BCUT2D eigenvalue weighted by molar-refractivity contribution is -0.119. The maximum atomic E-state index is 12.5. The van der Waals surface area contributed by atoms with E-state index in [4.69, 9.17) is 0 Å². The van der Waals surface area contributed by atoms with Gasteiger partial charge in [0, 0.05) is 27.4 Å². The van der Waals surface area contributed by atoms with E-state index in [-0.39, 0.29) is 23.0 Å². The fourth-order valence-electron chi connectivity index (χ4n) is 4.09. The molecule has 2 aromatic heterocycles. The zero-order chi connectivity index (χ0) is 19.1. The number of carbonyl (C=O) groups excluding carboxylic acids is 1. The number of thioether (sulfide) groups is 1. The van der Waals surface area contributed by atoms with Crippen LogP contribution in [0, 0.1) is 13.8 Å². The van der Waals surface area contributed by atoms with E-state index in [1.165, 1.54) is 22.2 Å². The first-order valence-electron chi connectivity index (χ1n) is 8.98. The SMILES string of the molecule is Cc1sc2ncnc(SCC(=O)NC3CC(C)(C)NC(C)(C)C3)c2c1C. The van der Waals surface area contributed by atoms with Crippen molar-refractivity contribution in [2.24, 2.45) is 0 Å². The van der Waals surface area contributed by atoms with Gasteiger partial charge in [-0.25, -0.2) is 9.97 Å². The van der Waals surface area contributed by atoms with Crippen LogP contribution in [0.3, 0.4) is 0 Å². The number of nitrogens with one attached hydrogen (secondary N) is 2. The Labute approximate surface area is 163 Å². The summed E-state index contributed by atoms with van der Waals surface area (Å²) < 4.78 is 0. The molecule has 26 heavy (non-hydrogen) atoms. The number of piperidine rings is 1. The minimum absolute atomic E-state index is 0.0248. The third-order valence-electron chi connectivity index (χ3n) is 4.83. The monoisotopic (exact) mass is 392 g/mol. The average Bonchev–Trinajstić information content (AvgIpc) is 2.77. The van der Waals surface area contributed by atoms with E-state index in [1.807, 2.05) is 0 Å². The molecule has 0 aliphatic carbocycles. The van der Waals surface area contributed by atoms with E-state index in [2.05, 4.69) is 62.1 Å². The molecule has 2 N–H and O–H groups in total. The number of nitrogens with zero attached hydrogens (tertiary/aromatic N) is 2. The van der Waals surface area contributed by atoms with Crippen molar-refractivity contribution < 1.29 is 4.79 Å². The van der Waals surface area contributed by atoms with Crippen LogP contribution in [0.1, 0.15) is 51.0 Å². The molecule has 0 unspecified atom stereocenters. The normalized spacial score (nSPS) is 19.6. The predicted molar refractivity (Wildman–Crippen MR) is 110 cm³/mol. The number of hydrogen-bond donors (Lipinski definition) is 2. The standard InChI is InChI=1S/C19H28N4OS2/c1-11-12(2)26-17-15(11)16(20-10-21-17)25-9-14(24)22-13-7-18(3,4)23-19(5,6)8-13/h10,13,23H,7-9H2,1-6H3,(H,22,24). The molecular formula is C19H28N4OS2. The summed E-state index contributed by atoms with van der Waals surface area (Å²) in [6.07, 6.45) is 3.47. The van der Waals surface area contributed by atoms with Crippen molar-refractivity contribution in [3.8, 4) is 0 Å². The lowest BCUT2D eigenvalue weighted by atomic mass is 9.79. The van der Waals surface area contributed by atoms with Gasteiger partial charge < -0.3 is 10.6 Å². The minimum Gasteiger partial charge on any atom is -0.353 e. The van der Waals surface area contributed by atoms with Crippen LogP contribution in [0.4, 0.5) is 0 Å². The molecule has 0 saturated carbocycles. The molecule has 1 saturated heterocycles. The summed E-state index contributed by atoms with van der Waals surface area (Å²) >= 11 is 3.18. The fourth-order valence-corrected chi connectivity index (χ4v) is 6.02. The highest BCUT2D eigenvalue weighted by Crippen LogP contribution is 2.34. The van der Waals surface area contributed by atoms with Crippen LogP contribution in [0.5, 0.6) is 0 Å². The number of aryl methyl sites for hydroxylation is 2. The molecule has 1 aliphatic heterocycles. The zero-order valence-electron chi connectivity index (χ0n) is 16.4. The van der Waals surface area contributed by atoms with Crippen LogP contribution in [-0.4, -0.2) is 38.7 Å². The van der Waals surface area contributed by atoms with Gasteiger partial charge in [0.1, 0.15) is 16.2 Å². The molecule has 2 aromatic rings. The van der Waals surface area contributed by atoms with Crippen molar-refractivity contribution >= 4 is 39.2 Å². The molecule has 3 rings (SSSR count). The summed E-state index contributed by atoms with van der Waals surface area (Å²) in [6.45, 7) is 13.0. The Morgan fingerprint density at radius 1 is 1.27 bits per heavy atom. The van der Waals surface area contributed by atoms with Crippen molar-refractivity contribution in [1.82, 2.24) is 20.6 Å². The van der Waals surface area contributed by atoms with Crippen molar-refractivity contribution in [3.63, 3.8) is 0 Å². The van der Waals surface area contributed by atoms with Crippen molar-refractivity contribution in [1.29, 1.82) is 0 Å². The Morgan fingerprint density at radius 2 is 1.92 bits per heavy atom. The molecule has 7 heteroatoms. The van der Waals surface area contributed by atoms with E-state index in [1.54, 1.807) is 17.7 Å². The second kappa shape index (κ2) is 7.09. The van der Waals surface area contributed by atoms with Crippen molar-refractivity contribution in [3.05, 3.63) is 16.8 Å². The second-order valence-electron chi connectivity index (χ2n) is 8.50. The molecule has 3 heterocycles. The minimum atomic E-state index is 0.0248. The predicted octanol–water partition coefficient (Wildman–Crippen LogP) is 3.83. The van der Waals surface area contributed by atoms with Gasteiger partial charge in [-0.15, -0.1) is 11.3 Å². The third kappa shape index (κ3) is 4.38. The first kappa shape index (κ1) is 19.6. The van der Waals surface area contributed by atoms with Crippen LogP contribution >= 0.6 is 23.1 Å². The molecule has 0 aromatic carbocycles. The quantitative estimate of drug-likeness (QED) is 0.611. The molecule has 142 valence electrons. The number of fused-ring (bicyclic) bond motifs is 1. The summed E-state index contributed by atoms with van der Waals surface area (Å²) in [5.41, 5.74) is 1.27. The highest BCUT2D eigenvalue weighted by molar-refractivity contribution is 8.00. The number of thiophene rings is 1. The maximum Gasteiger partial charge on any atom is 0.230 e. The van der Waals surface area contributed by atoms with Crippen LogP contribution in [0.2, 0.25) is 0 Å². The molecule has 1 aliphatic rings. The molecule has 1 amide bonds. The van der Waals surface area contributed by atoms with Gasteiger partial charge in [0.25, 0.3) is 0 Å². The average molecular weight is 393 g/mol. The third-order valence-corrected chi connectivity index (χ3v) is 6.93. The van der Waals surface area contributed by atoms with Crippen molar-refractivity contribution in [2.75, 3.05) is 5.75 Å². The largest absolute Gasteiger partial charge is 0.353 e. The van der Waals surface area contributed by atoms with Gasteiger partial charge in [-0.3, -0.25) is 4.79 Å². The van der Waals surface area contributed by atoms with Gasteiger partial charge in [-0.1, -0.05) is 11.8 Å². The van der Waals surface area contributed by atoms with Gasteiger partial charge in [0.2, 0.25) is 5.91 Å². The summed E-state index contributed by atoms with van der Waals surface area (Å²) in [7, 11) is 0. The Bertz CT molecular complexity index is 812. The molecule has 5 nitrogen and oxygen atoms in total. The van der Waals surface area contributed by atoms with Crippen LogP contribution in [0.25, 0.3) is 10.2 Å². The lowest BCUT2D eigenvalue weighted by Crippen LogP contribution is -2.62. The number of carbonyl (C=O) groups is 1. The fraction of sp³-hybridized carbons (Fsp3) is 0.632. The van der Waals surface area contributed by atoms with E-state index in [0.717, 1.165) is 28.1 Å². The Kier molecular flexibility index (Phi) is 5.34. The molecular weight excluding hydrogens is 364 g/mol. The number of rotatable bonds is 4. The summed E-state index contributed by atoms with van der Waals surface area (Å²) in [5.74, 6) is 0.454. The van der Waals surface area contributed by atoms with Gasteiger partial charge in [0.05, 0.1) is 5.75 Å². The molecule has 0 bridgehead atoms. The highest BCUT2D eigenvalue weighted by Gasteiger charge is 2.38. The van der Waals surface area contributed by atoms with E-state index >= 15 is 0 Å². The number of aromatic nitrogens is 2. The highest BCUT2D eigenvalue weighted by atomic mass is 32.2. The van der Waals surface area contributed by atoms with Crippen molar-refractivity contribution in [2.45, 2.75) is 76.5 Å². The van der Waals surface area contributed by atoms with Gasteiger partial charge >= 0.3 is 0 Å². The molecule has 0 spiro atoms. The summed E-state index contributed by atoms with van der Waals surface area (Å²) in [5, 5.41) is 8.87. The van der Waals surface area contributed by atoms with Crippen LogP contribution < -0.4 is 10.6 Å². The second-order valence-corrected chi connectivity index (χ2v) is 10.7. The van der Waals surface area contributed by atoms with E-state index < -0.39 is 0 Å². The molecule has 0 radical (unpaired) electrons. The molecule has 1 fully saturated rings. The first-order valence-corrected chi connectivity index (χ1v) is 10.8. The molecule has 0 atom stereocenters. The lowest BCUT2D eigenvalue weighted by Gasteiger charge is -2.46. The van der Waals surface area contributed by atoms with Gasteiger partial charge in [0.15, 0.2) is 0 Å². The van der Waals surface area contributed by atoms with Gasteiger partial charge in [-0.2, -0.15) is 0 Å². The van der Waals surface area contributed by atoms with Gasteiger partial charge in [-0.05, 0) is 59.9 Å². The summed E-state index contributed by atoms with van der Waals surface area (Å²) in [4.78, 5) is 23.6. The maximum absolute atomic E-state index is 12.5. The van der Waals surface area contributed by atoms with Crippen LogP contribution in [0.15, 0.2) is 11.4 Å². The first-order chi connectivity index (χ1) is 12.1. The smallest absolute Gasteiger partial charge is 0.230 e. The number of amides is 1. The Hall–Kier alpha value is -1.18.